The molecule has 2 N–H and O–H groups in total. The summed E-state index contributed by atoms with van der Waals surface area (Å²) in [5, 5.41) is 13.9. The number of anilines is 1. The summed E-state index contributed by atoms with van der Waals surface area (Å²) in [6, 6.07) is 10.9. The molecule has 0 aromatic heterocycles. The Bertz CT molecular complexity index is 1920. The zero-order chi connectivity index (χ0) is 39.0. The molecule has 11 nitrogen and oxygen atoms in total. The number of β-amino-alcohol motifs (C(OH)–C–C–N with tert-alkyl or cyclic N) is 1. The van der Waals surface area contributed by atoms with Crippen molar-refractivity contribution >= 4 is 27.5 Å². The highest BCUT2D eigenvalue weighted by molar-refractivity contribution is 7.92. The van der Waals surface area contributed by atoms with Crippen molar-refractivity contribution in [2.75, 3.05) is 77.5 Å². The SMILES string of the molecule is CC#CC(=O)N1CC[C@@H](S(=O)(=O)c2ccc(N3CC(O)(CN4CCC([C@@](CN5CCC5)(c5cccc(F)c5)[C@H]5CCC[C@@H]5NC(=O)OC)CC4)C3)c(F)c2)C1. The Morgan fingerprint density at radius 1 is 0.982 bits per heavy atom. The third-order valence-electron chi connectivity index (χ3n) is 13.0. The van der Waals surface area contributed by atoms with Gasteiger partial charge in [0, 0.05) is 50.7 Å². The number of aliphatic hydroxyl groups is 1. The van der Waals surface area contributed by atoms with Crippen LogP contribution in [0.4, 0.5) is 19.3 Å². The van der Waals surface area contributed by atoms with Crippen molar-refractivity contribution in [3.63, 3.8) is 0 Å². The van der Waals surface area contributed by atoms with Gasteiger partial charge in [-0.2, -0.15) is 0 Å². The number of alkyl carbamates (subject to hydrolysis) is 1. The molecule has 55 heavy (non-hydrogen) atoms. The number of nitrogens with zero attached hydrogens (tertiary/aromatic N) is 4. The number of hydrogen-bond acceptors (Lipinski definition) is 9. The summed E-state index contributed by atoms with van der Waals surface area (Å²) < 4.78 is 62.2. The maximum atomic E-state index is 15.5. The standard InChI is InChI=1S/C41H53F2N5O6S/c1-3-7-38(49)47-21-16-33(24-47)55(52,53)32-12-13-37(35(43)23-32)48-26-40(51,27-48)25-46-19-14-29(15-20-46)41(28-45-17-6-18-45,30-8-4-9-31(42)22-30)34-10-5-11-36(34)44-39(50)54-2/h4,8-9,12-13,22-23,29,33-34,36,51H,5-6,10-11,14-21,24-28H2,1-2H3,(H,44,50)/t33-,34+,36+,41+/m1/s1. The highest BCUT2D eigenvalue weighted by Gasteiger charge is 2.54. The monoisotopic (exact) mass is 781 g/mol. The molecule has 0 radical (unpaired) electrons. The minimum atomic E-state index is -3.87. The number of amides is 2. The summed E-state index contributed by atoms with van der Waals surface area (Å²) in [6.07, 6.45) is 5.37. The highest BCUT2D eigenvalue weighted by atomic mass is 32.2. The molecule has 2 aromatic rings. The molecule has 7 rings (SSSR count). The van der Waals surface area contributed by atoms with E-state index < -0.39 is 43.9 Å². The highest BCUT2D eigenvalue weighted by Crippen LogP contribution is 2.51. The molecule has 4 saturated heterocycles. The van der Waals surface area contributed by atoms with Crippen LogP contribution in [0, 0.1) is 35.3 Å². The molecule has 0 spiro atoms. The van der Waals surface area contributed by atoms with E-state index in [-0.39, 0.29) is 66.9 Å². The number of ether oxygens (including phenoxy) is 1. The smallest absolute Gasteiger partial charge is 0.407 e. The fourth-order valence-electron chi connectivity index (χ4n) is 10.2. The summed E-state index contributed by atoms with van der Waals surface area (Å²) in [7, 11) is -2.49. The van der Waals surface area contributed by atoms with Crippen molar-refractivity contribution in [3.05, 3.63) is 59.7 Å². The summed E-state index contributed by atoms with van der Waals surface area (Å²) in [4.78, 5) is 32.4. The quantitative estimate of drug-likeness (QED) is 0.328. The van der Waals surface area contributed by atoms with Gasteiger partial charge in [0.1, 0.15) is 17.2 Å². The first-order valence-corrected chi connectivity index (χ1v) is 21.2. The van der Waals surface area contributed by atoms with Crippen molar-refractivity contribution in [2.45, 2.75) is 79.1 Å². The maximum absolute atomic E-state index is 15.5. The number of benzene rings is 2. The Morgan fingerprint density at radius 3 is 2.40 bits per heavy atom. The van der Waals surface area contributed by atoms with E-state index >= 15 is 8.78 Å². The fraction of sp³-hybridized carbons (Fsp3) is 0.610. The summed E-state index contributed by atoms with van der Waals surface area (Å²) >= 11 is 0. The fourth-order valence-corrected chi connectivity index (χ4v) is 11.9. The third kappa shape index (κ3) is 7.95. The van der Waals surface area contributed by atoms with Gasteiger partial charge in [0.05, 0.1) is 22.9 Å². The number of hydrogen-bond donors (Lipinski definition) is 2. The lowest BCUT2D eigenvalue weighted by molar-refractivity contribution is -0.124. The second-order valence-electron chi connectivity index (χ2n) is 16.3. The second-order valence-corrected chi connectivity index (χ2v) is 18.5. The molecular weight excluding hydrogens is 729 g/mol. The van der Waals surface area contributed by atoms with Crippen LogP contribution in [0.25, 0.3) is 0 Å². The second kappa shape index (κ2) is 16.0. The number of rotatable bonds is 11. The van der Waals surface area contributed by atoms with Crippen LogP contribution in [-0.4, -0.2) is 130 Å². The zero-order valence-corrected chi connectivity index (χ0v) is 32.6. The first-order valence-electron chi connectivity index (χ1n) is 19.6. The summed E-state index contributed by atoms with van der Waals surface area (Å²) in [5.74, 6) is 3.95. The molecule has 1 aliphatic carbocycles. The number of halogens is 2. The van der Waals surface area contributed by atoms with E-state index in [0.29, 0.717) is 6.54 Å². The minimum absolute atomic E-state index is 0.0214. The van der Waals surface area contributed by atoms with Crippen molar-refractivity contribution in [3.8, 4) is 11.8 Å². The van der Waals surface area contributed by atoms with Crippen molar-refractivity contribution in [1.29, 1.82) is 0 Å². The van der Waals surface area contributed by atoms with Gasteiger partial charge in [-0.1, -0.05) is 24.5 Å². The van der Waals surface area contributed by atoms with E-state index in [1.807, 2.05) is 0 Å². The van der Waals surface area contributed by atoms with Crippen molar-refractivity contribution in [2.24, 2.45) is 11.8 Å². The Kier molecular flexibility index (Phi) is 11.5. The Hall–Kier alpha value is -3.77. The van der Waals surface area contributed by atoms with Crippen LogP contribution in [0.2, 0.25) is 0 Å². The van der Waals surface area contributed by atoms with Gasteiger partial charge in [-0.05, 0) is 125 Å². The van der Waals surface area contributed by atoms with E-state index in [0.717, 1.165) is 82.9 Å². The van der Waals surface area contributed by atoms with E-state index in [1.165, 1.54) is 30.2 Å². The van der Waals surface area contributed by atoms with Crippen LogP contribution in [0.15, 0.2) is 47.4 Å². The number of methoxy groups -OCH3 is 1. The van der Waals surface area contributed by atoms with Gasteiger partial charge in [-0.3, -0.25) is 4.79 Å². The molecule has 14 heteroatoms. The van der Waals surface area contributed by atoms with Crippen LogP contribution in [0.1, 0.15) is 57.4 Å². The Labute approximate surface area is 323 Å². The molecule has 298 valence electrons. The third-order valence-corrected chi connectivity index (χ3v) is 15.1. The van der Waals surface area contributed by atoms with Crippen LogP contribution in [0.5, 0.6) is 0 Å². The molecule has 1 saturated carbocycles. The Balaban J connectivity index is 1.01. The average Bonchev–Trinajstić information content (AvgIpc) is 3.82. The topological polar surface area (TPSA) is 123 Å². The molecule has 2 aromatic carbocycles. The molecule has 0 bridgehead atoms. The van der Waals surface area contributed by atoms with Crippen molar-refractivity contribution < 1.29 is 36.6 Å². The van der Waals surface area contributed by atoms with Gasteiger partial charge >= 0.3 is 6.09 Å². The van der Waals surface area contributed by atoms with Crippen LogP contribution < -0.4 is 10.2 Å². The molecule has 2 amide bonds. The van der Waals surface area contributed by atoms with Crippen LogP contribution >= 0.6 is 0 Å². The zero-order valence-electron chi connectivity index (χ0n) is 31.8. The normalized spacial score (nSPS) is 25.7. The molecule has 4 heterocycles. The van der Waals surface area contributed by atoms with Crippen LogP contribution in [0.3, 0.4) is 0 Å². The number of likely N-dealkylation sites (tertiary alicyclic amines) is 3. The van der Waals surface area contributed by atoms with E-state index in [4.69, 9.17) is 4.74 Å². The van der Waals surface area contributed by atoms with Gasteiger partial charge in [0.2, 0.25) is 0 Å². The average molecular weight is 782 g/mol. The van der Waals surface area contributed by atoms with Gasteiger partial charge in [-0.15, -0.1) is 0 Å². The lowest BCUT2D eigenvalue weighted by Gasteiger charge is -2.54. The molecule has 4 atom stereocenters. The number of carbonyl (C=O) groups excluding carboxylic acids is 2. The number of carbonyl (C=O) groups is 2. The molecule has 0 unspecified atom stereocenters. The van der Waals surface area contributed by atoms with E-state index in [2.05, 4.69) is 33.0 Å². The molecule has 5 aliphatic rings. The van der Waals surface area contributed by atoms with Gasteiger partial charge in [-0.25, -0.2) is 22.0 Å². The minimum Gasteiger partial charge on any atom is -0.453 e. The van der Waals surface area contributed by atoms with Gasteiger partial charge in [0.25, 0.3) is 5.91 Å². The Morgan fingerprint density at radius 2 is 1.75 bits per heavy atom. The maximum Gasteiger partial charge on any atom is 0.407 e. The predicted octanol–water partition coefficient (Wildman–Crippen LogP) is 3.79. The van der Waals surface area contributed by atoms with Crippen molar-refractivity contribution in [1.82, 2.24) is 20.0 Å². The van der Waals surface area contributed by atoms with Gasteiger partial charge < -0.3 is 34.8 Å². The van der Waals surface area contributed by atoms with E-state index in [1.54, 1.807) is 24.0 Å². The summed E-state index contributed by atoms with van der Waals surface area (Å²) in [5.41, 5.74) is -0.237. The predicted molar refractivity (Wildman–Crippen MR) is 204 cm³/mol. The lowest BCUT2D eigenvalue weighted by Crippen LogP contribution is -2.67. The lowest BCUT2D eigenvalue weighted by atomic mass is 9.57. The van der Waals surface area contributed by atoms with Gasteiger partial charge in [0.15, 0.2) is 9.84 Å². The number of nitrogens with one attached hydrogen (secondary N) is 1. The molecule has 4 aliphatic heterocycles. The molecule has 5 fully saturated rings. The van der Waals surface area contributed by atoms with E-state index in [9.17, 15) is 23.1 Å². The number of sulfone groups is 1. The largest absolute Gasteiger partial charge is 0.453 e. The number of piperidine rings is 1. The first-order chi connectivity index (χ1) is 26.3. The molecular formula is C41H53F2N5O6S. The van der Waals surface area contributed by atoms with Crippen LogP contribution in [-0.2, 0) is 24.8 Å². The summed E-state index contributed by atoms with van der Waals surface area (Å²) in [6.45, 7) is 6.95. The first kappa shape index (κ1) is 39.5.